The molecule has 8 heteroatoms. The monoisotopic (exact) mass is 365 g/mol. The molecule has 1 saturated heterocycles. The third-order valence-corrected chi connectivity index (χ3v) is 4.53. The van der Waals surface area contributed by atoms with E-state index in [1.54, 1.807) is 35.6 Å². The van der Waals surface area contributed by atoms with Gasteiger partial charge in [-0.3, -0.25) is 9.59 Å². The molecule has 0 radical (unpaired) electrons. The molecule has 0 aromatic carbocycles. The van der Waals surface area contributed by atoms with E-state index in [2.05, 4.69) is 15.0 Å². The van der Waals surface area contributed by atoms with Crippen molar-refractivity contribution in [3.8, 4) is 11.5 Å². The van der Waals surface area contributed by atoms with Crippen LogP contribution in [0.15, 0.2) is 64.1 Å². The van der Waals surface area contributed by atoms with E-state index in [-0.39, 0.29) is 18.0 Å². The minimum absolute atomic E-state index is 0.0863. The summed E-state index contributed by atoms with van der Waals surface area (Å²) in [5.41, 5.74) is 0.207. The summed E-state index contributed by atoms with van der Waals surface area (Å²) < 4.78 is 6.49. The van der Waals surface area contributed by atoms with Gasteiger partial charge in [0.25, 0.3) is 5.56 Å². The lowest BCUT2D eigenvalue weighted by molar-refractivity contribution is -0.132. The number of piperazine rings is 1. The summed E-state index contributed by atoms with van der Waals surface area (Å²) in [5.74, 6) is 1.34. The zero-order chi connectivity index (χ0) is 18.6. The average Bonchev–Trinajstić information content (AvgIpc) is 3.25. The maximum absolute atomic E-state index is 12.6. The molecule has 8 nitrogen and oxygen atoms in total. The summed E-state index contributed by atoms with van der Waals surface area (Å²) >= 11 is 0. The Morgan fingerprint density at radius 2 is 1.89 bits per heavy atom. The number of anilines is 1. The Hall–Kier alpha value is -3.42. The molecule has 0 bridgehead atoms. The van der Waals surface area contributed by atoms with Crippen molar-refractivity contribution in [1.82, 2.24) is 19.7 Å². The number of amides is 1. The Morgan fingerprint density at radius 3 is 2.59 bits per heavy atom. The van der Waals surface area contributed by atoms with E-state index in [9.17, 15) is 9.59 Å². The van der Waals surface area contributed by atoms with Crippen LogP contribution in [0.5, 0.6) is 0 Å². The van der Waals surface area contributed by atoms with Gasteiger partial charge in [0.1, 0.15) is 18.1 Å². The first kappa shape index (κ1) is 17.0. The van der Waals surface area contributed by atoms with Gasteiger partial charge in [0.2, 0.25) is 5.91 Å². The van der Waals surface area contributed by atoms with E-state index in [1.165, 1.54) is 10.7 Å². The molecule has 0 spiro atoms. The zero-order valence-electron chi connectivity index (χ0n) is 14.7. The summed E-state index contributed by atoms with van der Waals surface area (Å²) in [5, 5.41) is 4.25. The Kier molecular flexibility index (Phi) is 4.69. The second-order valence-corrected chi connectivity index (χ2v) is 6.25. The van der Waals surface area contributed by atoms with Crippen LogP contribution in [0.25, 0.3) is 11.5 Å². The number of rotatable bonds is 4. The lowest BCUT2D eigenvalue weighted by Crippen LogP contribution is -2.50. The van der Waals surface area contributed by atoms with Gasteiger partial charge in [-0.1, -0.05) is 6.07 Å². The first-order valence-corrected chi connectivity index (χ1v) is 8.76. The van der Waals surface area contributed by atoms with Crippen molar-refractivity contribution in [2.24, 2.45) is 0 Å². The maximum atomic E-state index is 12.6. The SMILES string of the molecule is O=C(Cn1nc(-c2ccco2)ccc1=O)N1CCN(c2ccccn2)CC1. The third-order valence-electron chi connectivity index (χ3n) is 4.53. The second kappa shape index (κ2) is 7.45. The second-order valence-electron chi connectivity index (χ2n) is 6.25. The van der Waals surface area contributed by atoms with Gasteiger partial charge in [0.05, 0.1) is 6.26 Å². The molecule has 0 unspecified atom stereocenters. The van der Waals surface area contributed by atoms with Crippen LogP contribution in [0.4, 0.5) is 5.82 Å². The van der Waals surface area contributed by atoms with Gasteiger partial charge in [-0.2, -0.15) is 5.10 Å². The minimum atomic E-state index is -0.314. The fourth-order valence-electron chi connectivity index (χ4n) is 3.07. The molecule has 3 aromatic rings. The predicted octanol–water partition coefficient (Wildman–Crippen LogP) is 1.25. The number of carbonyl (C=O) groups is 1. The Balaban J connectivity index is 1.41. The van der Waals surface area contributed by atoms with Crippen molar-refractivity contribution < 1.29 is 9.21 Å². The molecule has 0 atom stereocenters. The number of aromatic nitrogens is 3. The summed E-state index contributed by atoms with van der Waals surface area (Å²) in [6.45, 7) is 2.50. The maximum Gasteiger partial charge on any atom is 0.267 e. The highest BCUT2D eigenvalue weighted by Gasteiger charge is 2.22. The minimum Gasteiger partial charge on any atom is -0.463 e. The molecule has 138 valence electrons. The summed E-state index contributed by atoms with van der Waals surface area (Å²) in [6, 6.07) is 12.3. The third kappa shape index (κ3) is 3.74. The number of hydrogen-bond donors (Lipinski definition) is 0. The van der Waals surface area contributed by atoms with Crippen molar-refractivity contribution >= 4 is 11.7 Å². The standard InChI is InChI=1S/C19H19N5O3/c25-18-7-6-15(16-4-3-13-27-16)21-24(18)14-19(26)23-11-9-22(10-12-23)17-5-1-2-8-20-17/h1-8,13H,9-12,14H2. The van der Waals surface area contributed by atoms with Gasteiger partial charge in [0, 0.05) is 38.4 Å². The van der Waals surface area contributed by atoms with Crippen LogP contribution in [0.3, 0.4) is 0 Å². The first-order chi connectivity index (χ1) is 13.2. The molecule has 0 saturated carbocycles. The topological polar surface area (TPSA) is 84.5 Å². The van der Waals surface area contributed by atoms with Gasteiger partial charge in [-0.05, 0) is 30.3 Å². The molecule has 4 heterocycles. The molecule has 1 amide bonds. The van der Waals surface area contributed by atoms with E-state index in [0.29, 0.717) is 37.6 Å². The van der Waals surface area contributed by atoms with Crippen molar-refractivity contribution in [3.05, 3.63) is 65.3 Å². The van der Waals surface area contributed by atoms with Crippen LogP contribution in [-0.2, 0) is 11.3 Å². The van der Waals surface area contributed by atoms with Gasteiger partial charge in [0.15, 0.2) is 5.76 Å². The highest BCUT2D eigenvalue weighted by Crippen LogP contribution is 2.15. The van der Waals surface area contributed by atoms with Gasteiger partial charge < -0.3 is 14.2 Å². The van der Waals surface area contributed by atoms with Crippen LogP contribution in [0, 0.1) is 0 Å². The van der Waals surface area contributed by atoms with Gasteiger partial charge in [-0.25, -0.2) is 9.67 Å². The van der Waals surface area contributed by atoms with E-state index in [0.717, 1.165) is 5.82 Å². The smallest absolute Gasteiger partial charge is 0.267 e. The Labute approximate surface area is 155 Å². The first-order valence-electron chi connectivity index (χ1n) is 8.76. The molecular formula is C19H19N5O3. The van der Waals surface area contributed by atoms with E-state index >= 15 is 0 Å². The number of hydrogen-bond acceptors (Lipinski definition) is 6. The Morgan fingerprint density at radius 1 is 1.04 bits per heavy atom. The van der Waals surface area contributed by atoms with Crippen molar-refractivity contribution in [1.29, 1.82) is 0 Å². The molecule has 1 aliphatic heterocycles. The summed E-state index contributed by atoms with van der Waals surface area (Å²) in [6.07, 6.45) is 3.30. The molecule has 27 heavy (non-hydrogen) atoms. The molecule has 1 fully saturated rings. The number of nitrogens with zero attached hydrogens (tertiary/aromatic N) is 5. The van der Waals surface area contributed by atoms with Crippen molar-refractivity contribution in [3.63, 3.8) is 0 Å². The van der Waals surface area contributed by atoms with E-state index in [1.807, 2.05) is 18.2 Å². The van der Waals surface area contributed by atoms with Crippen LogP contribution >= 0.6 is 0 Å². The molecule has 0 N–H and O–H groups in total. The quantitative estimate of drug-likeness (QED) is 0.692. The average molecular weight is 365 g/mol. The predicted molar refractivity (Wildman–Crippen MR) is 99.2 cm³/mol. The summed E-state index contributed by atoms with van der Waals surface area (Å²) in [4.78, 5) is 33.0. The lowest BCUT2D eigenvalue weighted by atomic mass is 10.3. The van der Waals surface area contributed by atoms with Crippen LogP contribution in [0.2, 0.25) is 0 Å². The van der Waals surface area contributed by atoms with E-state index in [4.69, 9.17) is 4.42 Å². The van der Waals surface area contributed by atoms with Crippen LogP contribution in [-0.4, -0.2) is 51.8 Å². The molecular weight excluding hydrogens is 346 g/mol. The normalized spacial score (nSPS) is 14.4. The largest absolute Gasteiger partial charge is 0.463 e. The van der Waals surface area contributed by atoms with Gasteiger partial charge in [-0.15, -0.1) is 0 Å². The van der Waals surface area contributed by atoms with Crippen molar-refractivity contribution in [2.45, 2.75) is 6.54 Å². The van der Waals surface area contributed by atoms with E-state index < -0.39 is 0 Å². The lowest BCUT2D eigenvalue weighted by Gasteiger charge is -2.35. The summed E-state index contributed by atoms with van der Waals surface area (Å²) in [7, 11) is 0. The highest BCUT2D eigenvalue weighted by molar-refractivity contribution is 5.76. The van der Waals surface area contributed by atoms with Crippen molar-refractivity contribution in [2.75, 3.05) is 31.1 Å². The fraction of sp³-hybridized carbons (Fsp3) is 0.263. The molecule has 1 aliphatic rings. The highest BCUT2D eigenvalue weighted by atomic mass is 16.3. The number of furan rings is 1. The van der Waals surface area contributed by atoms with Gasteiger partial charge >= 0.3 is 0 Å². The zero-order valence-corrected chi connectivity index (χ0v) is 14.7. The molecule has 4 rings (SSSR count). The van der Waals surface area contributed by atoms with Crippen LogP contribution in [0.1, 0.15) is 0 Å². The molecule has 3 aromatic heterocycles. The number of pyridine rings is 1. The van der Waals surface area contributed by atoms with Crippen LogP contribution < -0.4 is 10.5 Å². The fourth-order valence-corrected chi connectivity index (χ4v) is 3.07. The Bertz CT molecular complexity index is 961. The number of carbonyl (C=O) groups excluding carboxylic acids is 1. The molecule has 0 aliphatic carbocycles.